The highest BCUT2D eigenvalue weighted by Crippen LogP contribution is 2.25. The first-order chi connectivity index (χ1) is 4.61. The van der Waals surface area contributed by atoms with Crippen LogP contribution in [0.15, 0.2) is 0 Å². The van der Waals surface area contributed by atoms with Gasteiger partial charge < -0.3 is 9.84 Å². The second-order valence-electron chi connectivity index (χ2n) is 2.85. The maximum atomic E-state index is 10.5. The van der Waals surface area contributed by atoms with Gasteiger partial charge in [0.25, 0.3) is 0 Å². The smallest absolute Gasteiger partial charge is 0.312 e. The molecule has 3 heteroatoms. The quantitative estimate of drug-likeness (QED) is 0.568. The third-order valence-electron chi connectivity index (χ3n) is 1.77. The van der Waals surface area contributed by atoms with Crippen LogP contribution in [0.25, 0.3) is 0 Å². The van der Waals surface area contributed by atoms with E-state index in [1.807, 2.05) is 6.92 Å². The highest BCUT2D eigenvalue weighted by molar-refractivity contribution is 5.77. The third-order valence-corrected chi connectivity index (χ3v) is 1.77. The molecular weight excluding hydrogens is 132 g/mol. The molecule has 0 saturated carbocycles. The third kappa shape index (κ3) is 1.29. The maximum absolute atomic E-state index is 10.5. The predicted octanol–water partition coefficient (Wildman–Crippen LogP) is 0.319. The number of aliphatic hydroxyl groups excluding tert-OH is 1. The lowest BCUT2D eigenvalue weighted by molar-refractivity contribution is -0.185. The lowest BCUT2D eigenvalue weighted by Crippen LogP contribution is -2.44. The Hall–Kier alpha value is -0.570. The Kier molecular flexibility index (Phi) is 1.94. The number of cyclic esters (lactones) is 1. The van der Waals surface area contributed by atoms with Crippen LogP contribution >= 0.6 is 0 Å². The number of carbonyl (C=O) groups is 1. The van der Waals surface area contributed by atoms with Crippen LogP contribution in [0.1, 0.15) is 20.3 Å². The van der Waals surface area contributed by atoms with Gasteiger partial charge in [0.1, 0.15) is 6.10 Å². The van der Waals surface area contributed by atoms with Crippen LogP contribution in [0.4, 0.5) is 0 Å². The molecule has 1 aliphatic heterocycles. The van der Waals surface area contributed by atoms with E-state index in [9.17, 15) is 4.79 Å². The Morgan fingerprint density at radius 3 is 2.70 bits per heavy atom. The molecule has 1 fully saturated rings. The molecule has 0 bridgehead atoms. The molecule has 1 N–H and O–H groups in total. The van der Waals surface area contributed by atoms with Gasteiger partial charge in [0.05, 0.1) is 12.0 Å². The average molecular weight is 144 g/mol. The van der Waals surface area contributed by atoms with Crippen molar-refractivity contribution in [3.8, 4) is 0 Å². The second-order valence-corrected chi connectivity index (χ2v) is 2.85. The maximum Gasteiger partial charge on any atom is 0.312 e. The van der Waals surface area contributed by atoms with E-state index in [4.69, 9.17) is 9.84 Å². The molecule has 0 spiro atoms. The van der Waals surface area contributed by atoms with E-state index in [0.29, 0.717) is 6.42 Å². The topological polar surface area (TPSA) is 46.5 Å². The number of hydrogen-bond acceptors (Lipinski definition) is 3. The second kappa shape index (κ2) is 2.58. The Labute approximate surface area is 60.0 Å². The highest BCUT2D eigenvalue weighted by Gasteiger charge is 2.38. The number of aliphatic hydroxyl groups is 1. The van der Waals surface area contributed by atoms with Crippen LogP contribution in [0, 0.1) is 5.92 Å². The lowest BCUT2D eigenvalue weighted by Gasteiger charge is -2.33. The van der Waals surface area contributed by atoms with Gasteiger partial charge in [0.2, 0.25) is 0 Å². The van der Waals surface area contributed by atoms with Crippen molar-refractivity contribution < 1.29 is 14.6 Å². The summed E-state index contributed by atoms with van der Waals surface area (Å²) in [5.41, 5.74) is 0. The minimum absolute atomic E-state index is 0.0189. The van der Waals surface area contributed by atoms with E-state index in [0.717, 1.165) is 0 Å². The minimum Gasteiger partial charge on any atom is -0.461 e. The fraction of sp³-hybridized carbons (Fsp3) is 0.857. The predicted molar refractivity (Wildman–Crippen MR) is 35.3 cm³/mol. The van der Waals surface area contributed by atoms with Gasteiger partial charge in [-0.2, -0.15) is 0 Å². The van der Waals surface area contributed by atoms with Crippen LogP contribution in [0.2, 0.25) is 0 Å². The molecule has 0 radical (unpaired) electrons. The molecule has 1 aliphatic rings. The largest absolute Gasteiger partial charge is 0.461 e. The van der Waals surface area contributed by atoms with Crippen molar-refractivity contribution in [3.63, 3.8) is 0 Å². The zero-order chi connectivity index (χ0) is 7.72. The highest BCUT2D eigenvalue weighted by atomic mass is 16.6. The van der Waals surface area contributed by atoms with Gasteiger partial charge in [-0.25, -0.2) is 0 Å². The fourth-order valence-electron chi connectivity index (χ4n) is 1.03. The van der Waals surface area contributed by atoms with Crippen LogP contribution in [0.3, 0.4) is 0 Å². The molecule has 0 aromatic carbocycles. The first-order valence-electron chi connectivity index (χ1n) is 3.50. The summed E-state index contributed by atoms with van der Waals surface area (Å²) in [5, 5.41) is 8.90. The molecule has 58 valence electrons. The van der Waals surface area contributed by atoms with Gasteiger partial charge in [0, 0.05) is 6.42 Å². The Morgan fingerprint density at radius 1 is 1.80 bits per heavy atom. The summed E-state index contributed by atoms with van der Waals surface area (Å²) in [5.74, 6) is -0.166. The summed E-state index contributed by atoms with van der Waals surface area (Å²) in [4.78, 5) is 10.5. The van der Waals surface area contributed by atoms with E-state index in [1.54, 1.807) is 6.92 Å². The summed E-state index contributed by atoms with van der Waals surface area (Å²) in [7, 11) is 0. The van der Waals surface area contributed by atoms with E-state index in [1.165, 1.54) is 0 Å². The number of esters is 1. The van der Waals surface area contributed by atoms with E-state index in [-0.39, 0.29) is 24.1 Å². The van der Waals surface area contributed by atoms with Crippen molar-refractivity contribution in [2.24, 2.45) is 5.92 Å². The number of rotatable bonds is 2. The number of carbonyl (C=O) groups excluding carboxylic acids is 1. The van der Waals surface area contributed by atoms with E-state index in [2.05, 4.69) is 0 Å². The van der Waals surface area contributed by atoms with E-state index >= 15 is 0 Å². The van der Waals surface area contributed by atoms with Crippen LogP contribution in [-0.4, -0.2) is 23.3 Å². The monoisotopic (exact) mass is 144 g/mol. The standard InChI is InChI=1S/C7H12O3/c1-4(8)3-6-5(2)7(9)10-6/h4-6,8H,3H2,1-2H3. The molecule has 3 atom stereocenters. The molecule has 1 heterocycles. The van der Waals surface area contributed by atoms with Gasteiger partial charge in [-0.1, -0.05) is 0 Å². The molecule has 1 saturated heterocycles. The first kappa shape index (κ1) is 7.54. The zero-order valence-electron chi connectivity index (χ0n) is 6.20. The molecular formula is C7H12O3. The summed E-state index contributed by atoms with van der Waals surface area (Å²) in [6.45, 7) is 3.51. The molecule has 0 aromatic rings. The summed E-state index contributed by atoms with van der Waals surface area (Å²) in [6, 6.07) is 0. The summed E-state index contributed by atoms with van der Waals surface area (Å²) < 4.78 is 4.76. The van der Waals surface area contributed by atoms with Crippen molar-refractivity contribution in [2.45, 2.75) is 32.5 Å². The van der Waals surface area contributed by atoms with Crippen molar-refractivity contribution in [3.05, 3.63) is 0 Å². The summed E-state index contributed by atoms with van der Waals surface area (Å²) >= 11 is 0. The van der Waals surface area contributed by atoms with Crippen LogP contribution < -0.4 is 0 Å². The Morgan fingerprint density at radius 2 is 2.40 bits per heavy atom. The molecule has 10 heavy (non-hydrogen) atoms. The van der Waals surface area contributed by atoms with Gasteiger partial charge >= 0.3 is 5.97 Å². The van der Waals surface area contributed by atoms with Gasteiger partial charge in [0.15, 0.2) is 0 Å². The minimum atomic E-state index is -0.374. The molecule has 0 aromatic heterocycles. The lowest BCUT2D eigenvalue weighted by atomic mass is 9.95. The zero-order valence-corrected chi connectivity index (χ0v) is 6.20. The van der Waals surface area contributed by atoms with Gasteiger partial charge in [-0.3, -0.25) is 4.79 Å². The normalized spacial score (nSPS) is 34.5. The number of hydrogen-bond donors (Lipinski definition) is 1. The van der Waals surface area contributed by atoms with Crippen molar-refractivity contribution >= 4 is 5.97 Å². The molecule has 1 rings (SSSR count). The SMILES string of the molecule is CC(O)CC1OC(=O)C1C. The van der Waals surface area contributed by atoms with Crippen molar-refractivity contribution in [2.75, 3.05) is 0 Å². The molecule has 0 aliphatic carbocycles. The Balaban J connectivity index is 2.27. The summed E-state index contributed by atoms with van der Waals surface area (Å²) in [6.07, 6.45) is 0.139. The van der Waals surface area contributed by atoms with Crippen molar-refractivity contribution in [1.29, 1.82) is 0 Å². The number of ether oxygens (including phenoxy) is 1. The van der Waals surface area contributed by atoms with Gasteiger partial charge in [-0.05, 0) is 13.8 Å². The van der Waals surface area contributed by atoms with Gasteiger partial charge in [-0.15, -0.1) is 0 Å². The average Bonchev–Trinajstić information content (AvgIpc) is 1.86. The first-order valence-corrected chi connectivity index (χ1v) is 3.50. The fourth-order valence-corrected chi connectivity index (χ4v) is 1.03. The molecule has 0 amide bonds. The van der Waals surface area contributed by atoms with Crippen LogP contribution in [-0.2, 0) is 9.53 Å². The van der Waals surface area contributed by atoms with Crippen LogP contribution in [0.5, 0.6) is 0 Å². The van der Waals surface area contributed by atoms with Crippen molar-refractivity contribution in [1.82, 2.24) is 0 Å². The molecule has 3 unspecified atom stereocenters. The Bertz CT molecular complexity index is 142. The van der Waals surface area contributed by atoms with E-state index < -0.39 is 0 Å². The molecule has 3 nitrogen and oxygen atoms in total.